The molecule has 0 N–H and O–H groups in total. The predicted molar refractivity (Wildman–Crippen MR) is 139 cm³/mol. The zero-order chi connectivity index (χ0) is 23.8. The molecule has 1 atom stereocenters. The molecule has 0 aliphatic carbocycles. The quantitative estimate of drug-likeness (QED) is 0.354. The van der Waals surface area contributed by atoms with Crippen molar-refractivity contribution in [3.05, 3.63) is 51.9 Å². The molecule has 1 aromatic heterocycles. The summed E-state index contributed by atoms with van der Waals surface area (Å²) in [6.45, 7) is 11.1. The first-order valence-electron chi connectivity index (χ1n) is 11.4. The van der Waals surface area contributed by atoms with Gasteiger partial charge in [-0.15, -0.1) is 11.3 Å². The summed E-state index contributed by atoms with van der Waals surface area (Å²) in [4.78, 5) is 16.3. The fraction of sp³-hybridized carbons (Fsp3) is 0.444. The molecule has 33 heavy (non-hydrogen) atoms. The van der Waals surface area contributed by atoms with Crippen molar-refractivity contribution in [1.82, 2.24) is 0 Å². The molecule has 2 heterocycles. The lowest BCUT2D eigenvalue weighted by molar-refractivity contribution is 0.0281. The van der Waals surface area contributed by atoms with Gasteiger partial charge in [-0.05, 0) is 55.0 Å². The van der Waals surface area contributed by atoms with Crippen LogP contribution in [0.1, 0.15) is 48.8 Å². The first-order valence-corrected chi connectivity index (χ1v) is 12.6. The normalized spacial score (nSPS) is 16.9. The molecule has 1 fully saturated rings. The number of anilines is 1. The molecule has 1 saturated heterocycles. The number of rotatable bonds is 5. The summed E-state index contributed by atoms with van der Waals surface area (Å²) in [6, 6.07) is 12.1. The topological polar surface area (TPSA) is 38.8 Å². The number of benzene rings is 2. The first kappa shape index (κ1) is 24.1. The van der Waals surface area contributed by atoms with E-state index in [1.54, 1.807) is 11.3 Å². The van der Waals surface area contributed by atoms with E-state index in [1.165, 1.54) is 12.0 Å². The molecule has 1 aliphatic rings. The number of ether oxygens (including phenoxy) is 2. The van der Waals surface area contributed by atoms with Crippen LogP contribution in [0.15, 0.2) is 36.4 Å². The van der Waals surface area contributed by atoms with Crippen molar-refractivity contribution in [2.45, 2.75) is 46.6 Å². The van der Waals surface area contributed by atoms with Gasteiger partial charge < -0.3 is 14.4 Å². The Morgan fingerprint density at radius 2 is 2.03 bits per heavy atom. The summed E-state index contributed by atoms with van der Waals surface area (Å²) >= 11 is 7.93. The number of thiophene rings is 1. The highest BCUT2D eigenvalue weighted by molar-refractivity contribution is 7.19. The van der Waals surface area contributed by atoms with Crippen molar-refractivity contribution >= 4 is 44.7 Å². The zero-order valence-electron chi connectivity index (χ0n) is 20.0. The summed E-state index contributed by atoms with van der Waals surface area (Å²) in [5.74, 6) is -0.315. The molecular weight excluding hydrogens is 454 g/mol. The van der Waals surface area contributed by atoms with Crippen LogP contribution in [0.25, 0.3) is 21.2 Å². The number of hydrogen-bond donors (Lipinski definition) is 0. The molecule has 6 heteroatoms. The summed E-state index contributed by atoms with van der Waals surface area (Å²) in [6.07, 6.45) is 2.27. The fourth-order valence-corrected chi connectivity index (χ4v) is 5.86. The van der Waals surface area contributed by atoms with Crippen molar-refractivity contribution in [1.29, 1.82) is 0 Å². The molecule has 0 amide bonds. The van der Waals surface area contributed by atoms with E-state index in [0.29, 0.717) is 12.2 Å². The Labute approximate surface area is 205 Å². The SMILES string of the molecule is COC(=O)c1cc(-c2c(C)sc3cc(Cl)ccc23)ccc1N1CCO[C@H](CCC(C)(C)C)C1. The molecule has 4 nitrogen and oxygen atoms in total. The Morgan fingerprint density at radius 1 is 1.24 bits per heavy atom. The molecule has 0 unspecified atom stereocenters. The maximum atomic E-state index is 12.8. The van der Waals surface area contributed by atoms with Crippen molar-refractivity contribution < 1.29 is 14.3 Å². The monoisotopic (exact) mass is 485 g/mol. The maximum Gasteiger partial charge on any atom is 0.339 e. The van der Waals surface area contributed by atoms with E-state index < -0.39 is 0 Å². The Kier molecular flexibility index (Phi) is 7.04. The third kappa shape index (κ3) is 5.37. The van der Waals surface area contributed by atoms with E-state index in [4.69, 9.17) is 21.1 Å². The second-order valence-electron chi connectivity index (χ2n) is 9.94. The van der Waals surface area contributed by atoms with E-state index in [-0.39, 0.29) is 17.5 Å². The summed E-state index contributed by atoms with van der Waals surface area (Å²) in [7, 11) is 1.44. The maximum absolute atomic E-state index is 12.8. The van der Waals surface area contributed by atoms with Crippen LogP contribution >= 0.6 is 22.9 Å². The van der Waals surface area contributed by atoms with Crippen LogP contribution in [-0.2, 0) is 9.47 Å². The lowest BCUT2D eigenvalue weighted by Gasteiger charge is -2.36. The van der Waals surface area contributed by atoms with Crippen LogP contribution in [0.3, 0.4) is 0 Å². The van der Waals surface area contributed by atoms with Gasteiger partial charge in [0.05, 0.1) is 31.1 Å². The molecule has 3 aromatic rings. The fourth-order valence-electron chi connectivity index (χ4n) is 4.50. The number of aryl methyl sites for hydroxylation is 1. The molecule has 176 valence electrons. The largest absolute Gasteiger partial charge is 0.465 e. The Balaban J connectivity index is 1.68. The van der Waals surface area contributed by atoms with Crippen LogP contribution in [0.5, 0.6) is 0 Å². The number of esters is 1. The molecule has 0 bridgehead atoms. The number of morpholine rings is 1. The third-order valence-electron chi connectivity index (χ3n) is 6.21. The highest BCUT2D eigenvalue weighted by Crippen LogP contribution is 2.41. The van der Waals surface area contributed by atoms with Crippen molar-refractivity contribution in [3.8, 4) is 11.1 Å². The minimum absolute atomic E-state index is 0.163. The number of carbonyl (C=O) groups is 1. The minimum atomic E-state index is -0.315. The Hall–Kier alpha value is -2.08. The third-order valence-corrected chi connectivity index (χ3v) is 7.52. The molecular formula is C27H32ClNO3S. The van der Waals surface area contributed by atoms with Gasteiger partial charge in [-0.2, -0.15) is 0 Å². The second kappa shape index (κ2) is 9.65. The number of fused-ring (bicyclic) bond motifs is 1. The predicted octanol–water partition coefficient (Wildman–Crippen LogP) is 7.35. The minimum Gasteiger partial charge on any atom is -0.465 e. The number of carbonyl (C=O) groups excluding carboxylic acids is 1. The van der Waals surface area contributed by atoms with Crippen LogP contribution in [0.4, 0.5) is 5.69 Å². The molecule has 0 radical (unpaired) electrons. The summed E-state index contributed by atoms with van der Waals surface area (Å²) in [5.41, 5.74) is 3.95. The molecule has 4 rings (SSSR count). The standard InChI is InChI=1S/C27H32ClNO3S/c1-17-25(21-8-7-19(28)15-24(21)33-17)18-6-9-23(22(14-18)26(30)31-5)29-12-13-32-20(16-29)10-11-27(2,3)4/h6-9,14-15,20H,10-13,16H2,1-5H3/t20-/m1/s1. The van der Waals surface area contributed by atoms with Crippen molar-refractivity contribution in [2.24, 2.45) is 5.41 Å². The van der Waals surface area contributed by atoms with E-state index >= 15 is 0 Å². The van der Waals surface area contributed by atoms with E-state index in [9.17, 15) is 4.79 Å². The van der Waals surface area contributed by atoms with Gasteiger partial charge in [0.2, 0.25) is 0 Å². The van der Waals surface area contributed by atoms with Crippen molar-refractivity contribution in [3.63, 3.8) is 0 Å². The molecule has 2 aromatic carbocycles. The molecule has 0 saturated carbocycles. The van der Waals surface area contributed by atoms with Crippen molar-refractivity contribution in [2.75, 3.05) is 31.7 Å². The number of hydrogen-bond acceptors (Lipinski definition) is 5. The van der Waals surface area contributed by atoms with Crippen LogP contribution in [0, 0.1) is 12.3 Å². The lowest BCUT2D eigenvalue weighted by Crippen LogP contribution is -2.43. The summed E-state index contributed by atoms with van der Waals surface area (Å²) < 4.78 is 12.4. The van der Waals surface area contributed by atoms with Gasteiger partial charge in [-0.25, -0.2) is 4.79 Å². The van der Waals surface area contributed by atoms with E-state index in [0.717, 1.165) is 57.9 Å². The van der Waals surface area contributed by atoms with Crippen LogP contribution in [-0.4, -0.2) is 38.9 Å². The van der Waals surface area contributed by atoms with Gasteiger partial charge in [0.25, 0.3) is 0 Å². The number of halogens is 1. The molecule has 1 aliphatic heterocycles. The van der Waals surface area contributed by atoms with E-state index in [2.05, 4.69) is 50.8 Å². The van der Waals surface area contributed by atoms with Gasteiger partial charge >= 0.3 is 5.97 Å². The highest BCUT2D eigenvalue weighted by Gasteiger charge is 2.26. The van der Waals surface area contributed by atoms with Gasteiger partial charge in [-0.3, -0.25) is 0 Å². The first-order chi connectivity index (χ1) is 15.7. The lowest BCUT2D eigenvalue weighted by atomic mass is 9.89. The van der Waals surface area contributed by atoms with Crippen LogP contribution < -0.4 is 4.90 Å². The Morgan fingerprint density at radius 3 is 2.76 bits per heavy atom. The zero-order valence-corrected chi connectivity index (χ0v) is 21.6. The molecule has 0 spiro atoms. The Bertz CT molecular complexity index is 1160. The summed E-state index contributed by atoms with van der Waals surface area (Å²) in [5, 5.41) is 1.88. The number of methoxy groups -OCH3 is 1. The van der Waals surface area contributed by atoms with E-state index in [1.807, 2.05) is 18.2 Å². The van der Waals surface area contributed by atoms with Gasteiger partial charge in [-0.1, -0.05) is 44.5 Å². The van der Waals surface area contributed by atoms with Gasteiger partial charge in [0, 0.05) is 38.6 Å². The van der Waals surface area contributed by atoms with Gasteiger partial charge in [0.1, 0.15) is 0 Å². The average Bonchev–Trinajstić information content (AvgIpc) is 3.11. The highest BCUT2D eigenvalue weighted by atomic mass is 35.5. The smallest absolute Gasteiger partial charge is 0.339 e. The number of nitrogens with zero attached hydrogens (tertiary/aromatic N) is 1. The van der Waals surface area contributed by atoms with Gasteiger partial charge in [0.15, 0.2) is 0 Å². The second-order valence-corrected chi connectivity index (χ2v) is 11.6. The van der Waals surface area contributed by atoms with Crippen LogP contribution in [0.2, 0.25) is 5.02 Å². The average molecular weight is 486 g/mol.